The van der Waals surface area contributed by atoms with E-state index in [1.54, 1.807) is 23.0 Å². The van der Waals surface area contributed by atoms with Crippen molar-refractivity contribution in [2.45, 2.75) is 42.1 Å². The molecule has 3 N–H and O–H groups in total. The summed E-state index contributed by atoms with van der Waals surface area (Å²) in [6.07, 6.45) is 3.31. The molecule has 6 rings (SSSR count). The van der Waals surface area contributed by atoms with Gasteiger partial charge in [-0.15, -0.1) is 0 Å². The van der Waals surface area contributed by atoms with Gasteiger partial charge in [-0.3, -0.25) is 14.5 Å². The quantitative estimate of drug-likeness (QED) is 0.394. The molecule has 2 aromatic carbocycles. The first-order chi connectivity index (χ1) is 19.9. The van der Waals surface area contributed by atoms with Crippen LogP contribution < -0.4 is 25.6 Å². The lowest BCUT2D eigenvalue weighted by Gasteiger charge is -2.36. The minimum absolute atomic E-state index is 0.0255. The maximum absolute atomic E-state index is 13.6. The largest absolute Gasteiger partial charge is 0.457 e. The Labute approximate surface area is 242 Å². The lowest BCUT2D eigenvalue weighted by molar-refractivity contribution is -0.132. The number of hydrogen-bond acceptors (Lipinski definition) is 7. The van der Waals surface area contributed by atoms with E-state index in [0.717, 1.165) is 40.4 Å². The molecule has 41 heavy (non-hydrogen) atoms. The van der Waals surface area contributed by atoms with Crippen molar-refractivity contribution in [3.05, 3.63) is 71.9 Å². The van der Waals surface area contributed by atoms with Gasteiger partial charge in [0.2, 0.25) is 11.8 Å². The molecule has 0 radical (unpaired) electrons. The number of urea groups is 1. The minimum Gasteiger partial charge on any atom is -0.457 e. The predicted octanol–water partition coefficient (Wildman–Crippen LogP) is 3.89. The number of rotatable bonds is 7. The van der Waals surface area contributed by atoms with Crippen molar-refractivity contribution in [3.8, 4) is 11.5 Å². The van der Waals surface area contributed by atoms with Gasteiger partial charge in [-0.05, 0) is 68.8 Å². The first-order valence-electron chi connectivity index (χ1n) is 13.8. The van der Waals surface area contributed by atoms with Crippen molar-refractivity contribution in [3.63, 3.8) is 0 Å². The van der Waals surface area contributed by atoms with E-state index in [1.807, 2.05) is 61.5 Å². The highest BCUT2D eigenvalue weighted by molar-refractivity contribution is 8.01. The Morgan fingerprint density at radius 2 is 1.95 bits per heavy atom. The monoisotopic (exact) mass is 572 g/mol. The van der Waals surface area contributed by atoms with Crippen LogP contribution in [0.1, 0.15) is 30.0 Å². The number of nitrogens with zero attached hydrogens (tertiary/aromatic N) is 3. The Morgan fingerprint density at radius 3 is 2.73 bits per heavy atom. The Kier molecular flexibility index (Phi) is 7.55. The zero-order valence-electron chi connectivity index (χ0n) is 22.9. The highest BCUT2D eigenvalue weighted by Crippen LogP contribution is 2.51. The molecular formula is C30H32N6O4S. The van der Waals surface area contributed by atoms with Crippen LogP contribution in [-0.2, 0) is 9.59 Å². The van der Waals surface area contributed by atoms with Gasteiger partial charge in [-0.25, -0.2) is 9.78 Å². The topological polar surface area (TPSA) is 116 Å². The van der Waals surface area contributed by atoms with Crippen LogP contribution in [-0.4, -0.2) is 65.7 Å². The summed E-state index contributed by atoms with van der Waals surface area (Å²) in [7, 11) is 1.74. The first kappa shape index (κ1) is 27.1. The second kappa shape index (κ2) is 11.4. The molecule has 3 aromatic rings. The second-order valence-corrected chi connectivity index (χ2v) is 11.6. The zero-order chi connectivity index (χ0) is 28.5. The number of piperidine rings is 1. The van der Waals surface area contributed by atoms with Crippen molar-refractivity contribution < 1.29 is 19.1 Å². The van der Waals surface area contributed by atoms with E-state index < -0.39 is 11.3 Å². The molecule has 212 valence electrons. The molecule has 0 spiro atoms. The van der Waals surface area contributed by atoms with Crippen molar-refractivity contribution in [2.75, 3.05) is 31.6 Å². The molecule has 0 bridgehead atoms. The summed E-state index contributed by atoms with van der Waals surface area (Å²) in [5.74, 6) is 1.27. The predicted molar refractivity (Wildman–Crippen MR) is 157 cm³/mol. The molecule has 11 heteroatoms. The Morgan fingerprint density at radius 1 is 1.12 bits per heavy atom. The van der Waals surface area contributed by atoms with E-state index in [1.165, 1.54) is 11.8 Å². The van der Waals surface area contributed by atoms with Crippen LogP contribution in [0.4, 0.5) is 16.2 Å². The molecule has 3 atom stereocenters. The number of nitrogens with one attached hydrogen (secondary N) is 3. The Balaban J connectivity index is 1.21. The van der Waals surface area contributed by atoms with E-state index >= 15 is 0 Å². The maximum atomic E-state index is 13.6. The lowest BCUT2D eigenvalue weighted by Crippen LogP contribution is -2.54. The van der Waals surface area contributed by atoms with E-state index in [-0.39, 0.29) is 30.4 Å². The molecular weight excluding hydrogens is 540 g/mol. The molecule has 1 fully saturated rings. The highest BCUT2D eigenvalue weighted by Gasteiger charge is 2.47. The fourth-order valence-electron chi connectivity index (χ4n) is 5.70. The average Bonchev–Trinajstić information content (AvgIpc) is 3.34. The van der Waals surface area contributed by atoms with E-state index in [9.17, 15) is 14.4 Å². The van der Waals surface area contributed by atoms with Gasteiger partial charge in [0.25, 0.3) is 0 Å². The smallest absolute Gasteiger partial charge is 0.327 e. The first-order valence-corrected chi connectivity index (χ1v) is 14.6. The van der Waals surface area contributed by atoms with Gasteiger partial charge in [0.05, 0.1) is 24.0 Å². The van der Waals surface area contributed by atoms with Gasteiger partial charge in [0, 0.05) is 30.9 Å². The van der Waals surface area contributed by atoms with Gasteiger partial charge in [-0.1, -0.05) is 30.0 Å². The summed E-state index contributed by atoms with van der Waals surface area (Å²) < 4.78 is 5.98. The third-order valence-corrected chi connectivity index (χ3v) is 8.89. The summed E-state index contributed by atoms with van der Waals surface area (Å²) >= 11 is 1.37. The number of likely N-dealkylation sites (tertiary alicyclic amines) is 1. The third-order valence-electron chi connectivity index (χ3n) is 7.60. The fraction of sp³-hybridized carbons (Fsp3) is 0.333. The second-order valence-electron chi connectivity index (χ2n) is 10.4. The minimum atomic E-state index is -0.559. The summed E-state index contributed by atoms with van der Waals surface area (Å²) in [4.78, 5) is 47.5. The van der Waals surface area contributed by atoms with Gasteiger partial charge in [0.1, 0.15) is 21.8 Å². The van der Waals surface area contributed by atoms with Crippen LogP contribution in [0, 0.1) is 6.92 Å². The molecule has 0 saturated carbocycles. The van der Waals surface area contributed by atoms with Crippen LogP contribution in [0.15, 0.2) is 65.8 Å². The standard InChI is InChI=1S/C30H32N6O4S/c1-18-15-21(40-20-8-4-3-5-9-20)10-11-22(18)36-23-12-13-32-29-25(23)26(34-30(36)39)27(41-29)28(38)33-19-7-6-14-35(17-19)24(37)16-31-2/h3-5,8-13,15,19,26-27,31H,6-7,14,16-17H2,1-2H3,(H,33,38)(H,34,39)/t19?,26?,27-/m1/s1. The van der Waals surface area contributed by atoms with Crippen LogP contribution in [0.2, 0.25) is 0 Å². The molecule has 1 saturated heterocycles. The number of hydrogen-bond donors (Lipinski definition) is 3. The number of carbonyl (C=O) groups excluding carboxylic acids is 3. The number of amides is 4. The SMILES string of the molecule is CNCC(=O)N1CCCC(NC(=O)[C@@H]2Sc3nccc4c3C2NC(=O)N4c2ccc(Oc3ccccc3)cc2C)C1. The van der Waals surface area contributed by atoms with Crippen LogP contribution >= 0.6 is 11.8 Å². The van der Waals surface area contributed by atoms with Gasteiger partial charge in [0.15, 0.2) is 0 Å². The Hall–Kier alpha value is -4.09. The number of para-hydroxylation sites is 1. The molecule has 1 aromatic heterocycles. The highest BCUT2D eigenvalue weighted by atomic mass is 32.2. The number of aromatic nitrogens is 1. The fourth-order valence-corrected chi connectivity index (χ4v) is 6.94. The molecule has 2 unspecified atom stereocenters. The number of aryl methyl sites for hydroxylation is 1. The number of ether oxygens (including phenoxy) is 1. The molecule has 10 nitrogen and oxygen atoms in total. The summed E-state index contributed by atoms with van der Waals surface area (Å²) in [6.45, 7) is 3.38. The third kappa shape index (κ3) is 5.34. The van der Waals surface area contributed by atoms with E-state index in [2.05, 4.69) is 20.9 Å². The number of pyridine rings is 1. The van der Waals surface area contributed by atoms with Crippen LogP contribution in [0.5, 0.6) is 11.5 Å². The summed E-state index contributed by atoms with van der Waals surface area (Å²) in [6, 6.07) is 16.0. The summed E-state index contributed by atoms with van der Waals surface area (Å²) in [5.41, 5.74) is 3.15. The van der Waals surface area contributed by atoms with Crippen LogP contribution in [0.3, 0.4) is 0 Å². The maximum Gasteiger partial charge on any atom is 0.327 e. The molecule has 3 aliphatic rings. The van der Waals surface area contributed by atoms with Gasteiger partial charge < -0.3 is 25.6 Å². The Bertz CT molecular complexity index is 1490. The normalized spacial score (nSPS) is 21.2. The van der Waals surface area contributed by atoms with E-state index in [0.29, 0.717) is 24.5 Å². The number of thioether (sulfide) groups is 1. The molecule has 4 amide bonds. The molecule has 0 aliphatic carbocycles. The average molecular weight is 573 g/mol. The van der Waals surface area contributed by atoms with Gasteiger partial charge >= 0.3 is 6.03 Å². The van der Waals surface area contributed by atoms with Crippen LogP contribution in [0.25, 0.3) is 0 Å². The number of carbonyl (C=O) groups is 3. The zero-order valence-corrected chi connectivity index (χ0v) is 23.7. The van der Waals surface area contributed by atoms with Crippen molar-refractivity contribution in [2.24, 2.45) is 0 Å². The number of anilines is 2. The van der Waals surface area contributed by atoms with Gasteiger partial charge in [-0.2, -0.15) is 0 Å². The van der Waals surface area contributed by atoms with E-state index in [4.69, 9.17) is 4.74 Å². The summed E-state index contributed by atoms with van der Waals surface area (Å²) in [5, 5.41) is 9.29. The van der Waals surface area contributed by atoms with Crippen molar-refractivity contribution in [1.82, 2.24) is 25.8 Å². The molecule has 4 heterocycles. The number of benzene rings is 2. The lowest BCUT2D eigenvalue weighted by atomic mass is 9.98. The number of likely N-dealkylation sites (N-methyl/N-ethyl adjacent to an activating group) is 1. The van der Waals surface area contributed by atoms with Crippen molar-refractivity contribution >= 4 is 41.0 Å². The molecule has 3 aliphatic heterocycles. The van der Waals surface area contributed by atoms with Crippen molar-refractivity contribution in [1.29, 1.82) is 0 Å².